The lowest BCUT2D eigenvalue weighted by Crippen LogP contribution is -2.43. The van der Waals surface area contributed by atoms with Crippen LogP contribution in [0.25, 0.3) is 0 Å². The summed E-state index contributed by atoms with van der Waals surface area (Å²) in [7, 11) is 5.70. The summed E-state index contributed by atoms with van der Waals surface area (Å²) in [4.78, 5) is 6.57. The number of guanidine groups is 1. The van der Waals surface area contributed by atoms with Gasteiger partial charge in [0.05, 0.1) is 6.61 Å². The van der Waals surface area contributed by atoms with E-state index in [-0.39, 0.29) is 24.0 Å². The number of ether oxygens (including phenoxy) is 1. The van der Waals surface area contributed by atoms with E-state index in [1.165, 1.54) is 12.8 Å². The van der Waals surface area contributed by atoms with E-state index in [4.69, 9.17) is 4.74 Å². The van der Waals surface area contributed by atoms with E-state index in [0.29, 0.717) is 6.04 Å². The smallest absolute Gasteiger partial charge is 0.191 e. The second kappa shape index (κ2) is 15.8. The van der Waals surface area contributed by atoms with Crippen LogP contribution < -0.4 is 10.6 Å². The molecule has 22 heavy (non-hydrogen) atoms. The van der Waals surface area contributed by atoms with Crippen molar-refractivity contribution in [3.05, 3.63) is 0 Å². The van der Waals surface area contributed by atoms with Gasteiger partial charge in [-0.15, -0.1) is 24.0 Å². The number of halogens is 1. The molecular formula is C16H37IN4O. The Balaban J connectivity index is 0. The van der Waals surface area contributed by atoms with E-state index in [0.717, 1.165) is 44.5 Å². The summed E-state index contributed by atoms with van der Waals surface area (Å²) in [5, 5.41) is 6.83. The fourth-order valence-electron chi connectivity index (χ4n) is 2.00. The number of aliphatic imine (C=N–C) groups is 1. The molecule has 0 spiro atoms. The average molecular weight is 428 g/mol. The summed E-state index contributed by atoms with van der Waals surface area (Å²) in [6.45, 7) is 10.5. The molecule has 0 aromatic carbocycles. The number of methoxy groups -OCH3 is 1. The van der Waals surface area contributed by atoms with Gasteiger partial charge in [-0.25, -0.2) is 0 Å². The number of likely N-dealkylation sites (N-methyl/N-ethyl adjacent to an activating group) is 1. The largest absolute Gasteiger partial charge is 0.383 e. The zero-order valence-electron chi connectivity index (χ0n) is 15.3. The van der Waals surface area contributed by atoms with Crippen molar-refractivity contribution in [2.24, 2.45) is 10.9 Å². The highest BCUT2D eigenvalue weighted by molar-refractivity contribution is 14.0. The molecule has 0 saturated carbocycles. The Kier molecular flexibility index (Phi) is 17.4. The minimum absolute atomic E-state index is 0. The lowest BCUT2D eigenvalue weighted by molar-refractivity contribution is 0.161. The molecule has 0 rings (SSSR count). The van der Waals surface area contributed by atoms with Crippen LogP contribution in [0, 0.1) is 5.92 Å². The third kappa shape index (κ3) is 14.8. The van der Waals surface area contributed by atoms with Gasteiger partial charge in [0.1, 0.15) is 0 Å². The maximum atomic E-state index is 5.07. The highest BCUT2D eigenvalue weighted by Gasteiger charge is 2.06. The molecule has 0 heterocycles. The van der Waals surface area contributed by atoms with Gasteiger partial charge < -0.3 is 20.3 Å². The van der Waals surface area contributed by atoms with Gasteiger partial charge in [-0.05, 0) is 45.7 Å². The molecule has 0 aromatic rings. The van der Waals surface area contributed by atoms with E-state index in [1.807, 2.05) is 7.05 Å². The topological polar surface area (TPSA) is 48.9 Å². The first-order valence-electron chi connectivity index (χ1n) is 8.14. The fraction of sp³-hybridized carbons (Fsp3) is 0.938. The van der Waals surface area contributed by atoms with Gasteiger partial charge in [0, 0.05) is 33.3 Å². The predicted octanol–water partition coefficient (Wildman–Crippen LogP) is 2.56. The Labute approximate surface area is 154 Å². The van der Waals surface area contributed by atoms with Crippen LogP contribution in [0.1, 0.15) is 40.0 Å². The molecule has 0 saturated heterocycles. The van der Waals surface area contributed by atoms with Crippen LogP contribution >= 0.6 is 24.0 Å². The Hall–Kier alpha value is -0.0800. The minimum Gasteiger partial charge on any atom is -0.383 e. The maximum absolute atomic E-state index is 5.07. The van der Waals surface area contributed by atoms with Crippen molar-refractivity contribution >= 4 is 29.9 Å². The summed E-state index contributed by atoms with van der Waals surface area (Å²) in [6.07, 6.45) is 3.52. The molecule has 5 nitrogen and oxygen atoms in total. The monoisotopic (exact) mass is 428 g/mol. The first kappa shape index (κ1) is 24.2. The van der Waals surface area contributed by atoms with E-state index in [9.17, 15) is 0 Å². The molecule has 0 aromatic heterocycles. The van der Waals surface area contributed by atoms with Crippen molar-refractivity contribution in [3.63, 3.8) is 0 Å². The zero-order valence-corrected chi connectivity index (χ0v) is 17.6. The summed E-state index contributed by atoms with van der Waals surface area (Å²) in [6, 6.07) is 0.461. The lowest BCUT2D eigenvalue weighted by atomic mass is 10.0. The van der Waals surface area contributed by atoms with E-state index >= 15 is 0 Å². The van der Waals surface area contributed by atoms with E-state index < -0.39 is 0 Å². The Bertz CT molecular complexity index is 275. The van der Waals surface area contributed by atoms with Gasteiger partial charge in [0.15, 0.2) is 5.96 Å². The second-order valence-electron chi connectivity index (χ2n) is 6.17. The lowest BCUT2D eigenvalue weighted by Gasteiger charge is -2.20. The number of hydrogen-bond donors (Lipinski definition) is 2. The number of nitrogens with zero attached hydrogens (tertiary/aromatic N) is 2. The molecule has 2 N–H and O–H groups in total. The Morgan fingerprint density at radius 2 is 1.86 bits per heavy atom. The van der Waals surface area contributed by atoms with Crippen LogP contribution in [0.3, 0.4) is 0 Å². The molecule has 6 heteroatoms. The van der Waals surface area contributed by atoms with Crippen molar-refractivity contribution in [3.8, 4) is 0 Å². The van der Waals surface area contributed by atoms with Crippen molar-refractivity contribution in [2.75, 3.05) is 47.4 Å². The second-order valence-corrected chi connectivity index (χ2v) is 6.17. The molecule has 134 valence electrons. The Morgan fingerprint density at radius 1 is 1.18 bits per heavy atom. The quantitative estimate of drug-likeness (QED) is 0.230. The molecule has 0 aliphatic heterocycles. The van der Waals surface area contributed by atoms with Crippen LogP contribution in [-0.4, -0.2) is 64.3 Å². The van der Waals surface area contributed by atoms with Gasteiger partial charge in [0.2, 0.25) is 0 Å². The third-order valence-corrected chi connectivity index (χ3v) is 3.47. The predicted molar refractivity (Wildman–Crippen MR) is 107 cm³/mol. The SMILES string of the molecule is CN=C(NCCCN(C)CCOC)NC(C)CCC(C)C.I. The molecule has 0 aliphatic rings. The zero-order chi connectivity index (χ0) is 16.1. The van der Waals surface area contributed by atoms with Crippen molar-refractivity contribution in [1.82, 2.24) is 15.5 Å². The normalized spacial score (nSPS) is 13.2. The Morgan fingerprint density at radius 3 is 2.41 bits per heavy atom. The van der Waals surface area contributed by atoms with Crippen LogP contribution in [0.5, 0.6) is 0 Å². The molecular weight excluding hydrogens is 391 g/mol. The van der Waals surface area contributed by atoms with Gasteiger partial charge in [0.25, 0.3) is 0 Å². The molecule has 0 aliphatic carbocycles. The van der Waals surface area contributed by atoms with Crippen LogP contribution in [0.2, 0.25) is 0 Å². The molecule has 1 unspecified atom stereocenters. The first-order valence-corrected chi connectivity index (χ1v) is 8.14. The molecule has 0 amide bonds. The number of rotatable bonds is 11. The van der Waals surface area contributed by atoms with Gasteiger partial charge in [-0.2, -0.15) is 0 Å². The molecule has 0 fully saturated rings. The number of nitrogens with one attached hydrogen (secondary N) is 2. The standard InChI is InChI=1S/C16H36N4O.HI/c1-14(2)8-9-15(3)19-16(17-4)18-10-7-11-20(5)12-13-21-6;/h14-15H,7-13H2,1-6H3,(H2,17,18,19);1H. The van der Waals surface area contributed by atoms with E-state index in [1.54, 1.807) is 7.11 Å². The van der Waals surface area contributed by atoms with Crippen molar-refractivity contribution in [1.29, 1.82) is 0 Å². The van der Waals surface area contributed by atoms with Crippen LogP contribution in [0.15, 0.2) is 4.99 Å². The van der Waals surface area contributed by atoms with Gasteiger partial charge >= 0.3 is 0 Å². The highest BCUT2D eigenvalue weighted by atomic mass is 127. The average Bonchev–Trinajstić information content (AvgIpc) is 2.45. The summed E-state index contributed by atoms with van der Waals surface area (Å²) < 4.78 is 5.07. The number of hydrogen-bond acceptors (Lipinski definition) is 3. The molecule has 0 bridgehead atoms. The van der Waals surface area contributed by atoms with Crippen molar-refractivity contribution < 1.29 is 4.74 Å². The van der Waals surface area contributed by atoms with Gasteiger partial charge in [-0.1, -0.05) is 13.8 Å². The fourth-order valence-corrected chi connectivity index (χ4v) is 2.00. The highest BCUT2D eigenvalue weighted by Crippen LogP contribution is 2.06. The van der Waals surface area contributed by atoms with Crippen LogP contribution in [0.4, 0.5) is 0 Å². The first-order chi connectivity index (χ1) is 9.99. The minimum atomic E-state index is 0. The summed E-state index contributed by atoms with van der Waals surface area (Å²) in [5.41, 5.74) is 0. The molecule has 1 atom stereocenters. The third-order valence-electron chi connectivity index (χ3n) is 3.47. The van der Waals surface area contributed by atoms with Crippen molar-refractivity contribution in [2.45, 2.75) is 46.1 Å². The van der Waals surface area contributed by atoms with E-state index in [2.05, 4.69) is 48.3 Å². The van der Waals surface area contributed by atoms with Crippen LogP contribution in [-0.2, 0) is 4.74 Å². The summed E-state index contributed by atoms with van der Waals surface area (Å²) >= 11 is 0. The van der Waals surface area contributed by atoms with Gasteiger partial charge in [-0.3, -0.25) is 4.99 Å². The molecule has 0 radical (unpaired) electrons. The maximum Gasteiger partial charge on any atom is 0.191 e. The summed E-state index contributed by atoms with van der Waals surface area (Å²) in [5.74, 6) is 1.66.